The molecule has 0 fully saturated rings. The van der Waals surface area contributed by atoms with Gasteiger partial charge in [0.05, 0.1) is 26.4 Å². The van der Waals surface area contributed by atoms with Gasteiger partial charge < -0.3 is 24.6 Å². The van der Waals surface area contributed by atoms with E-state index in [-0.39, 0.29) is 12.8 Å². The standard InChI is InChI=1S/C58H107O10P/c1-3-5-7-9-11-13-15-17-19-21-23-25-27-29-31-33-35-37-39-41-43-45-47-49-57(61)67-55(51-59)53-65-69(63,64)66-54-56(52-60)68-58(62)50-48-46-44-42-40-38-36-34-32-30-28-26-24-22-20-18-16-14-12-10-8-6-4-2/h15-18,21-24,55-56,59-60H,3-14,19-20,25-54H2,1-2H3,(H,63,64)/b17-15-,18-16-,23-21-,24-22-. The molecular formula is C58H107O10P. The van der Waals surface area contributed by atoms with E-state index in [1.54, 1.807) is 0 Å². The molecule has 69 heavy (non-hydrogen) atoms. The summed E-state index contributed by atoms with van der Waals surface area (Å²) in [5.41, 5.74) is 0. The van der Waals surface area contributed by atoms with Gasteiger partial charge in [0.25, 0.3) is 0 Å². The van der Waals surface area contributed by atoms with Crippen LogP contribution in [0.2, 0.25) is 0 Å². The zero-order valence-electron chi connectivity index (χ0n) is 44.5. The normalized spacial score (nSPS) is 13.9. The molecule has 2 atom stereocenters. The van der Waals surface area contributed by atoms with E-state index in [1.165, 1.54) is 180 Å². The monoisotopic (exact) mass is 995 g/mol. The van der Waals surface area contributed by atoms with Gasteiger partial charge in [-0.15, -0.1) is 0 Å². The number of hydrogen-bond acceptors (Lipinski definition) is 9. The molecule has 0 bridgehead atoms. The maximum absolute atomic E-state index is 12.5. The van der Waals surface area contributed by atoms with Crippen LogP contribution in [0.15, 0.2) is 48.6 Å². The summed E-state index contributed by atoms with van der Waals surface area (Å²) in [6.45, 7) is 2.23. The van der Waals surface area contributed by atoms with Crippen LogP contribution in [-0.2, 0) is 32.7 Å². The molecule has 0 heterocycles. The summed E-state index contributed by atoms with van der Waals surface area (Å²) in [6, 6.07) is 0. The molecule has 10 nitrogen and oxygen atoms in total. The molecule has 0 rings (SSSR count). The lowest BCUT2D eigenvalue weighted by atomic mass is 10.0. The number of rotatable bonds is 54. The molecule has 0 aromatic heterocycles. The van der Waals surface area contributed by atoms with Crippen molar-refractivity contribution in [3.63, 3.8) is 0 Å². The average Bonchev–Trinajstić information content (AvgIpc) is 3.34. The van der Waals surface area contributed by atoms with Crippen molar-refractivity contribution >= 4 is 19.8 Å². The van der Waals surface area contributed by atoms with Gasteiger partial charge in [-0.3, -0.25) is 18.6 Å². The molecule has 404 valence electrons. The Hall–Kier alpha value is -2.07. The Kier molecular flexibility index (Phi) is 52.1. The second kappa shape index (κ2) is 53.7. The third kappa shape index (κ3) is 52.1. The Morgan fingerprint density at radius 3 is 0.899 bits per heavy atom. The van der Waals surface area contributed by atoms with E-state index in [9.17, 15) is 29.3 Å². The van der Waals surface area contributed by atoms with Crippen molar-refractivity contribution in [3.8, 4) is 0 Å². The molecular weight excluding hydrogens is 888 g/mol. The van der Waals surface area contributed by atoms with Crippen molar-refractivity contribution in [1.29, 1.82) is 0 Å². The van der Waals surface area contributed by atoms with Crippen LogP contribution in [0.25, 0.3) is 0 Å². The summed E-state index contributed by atoms with van der Waals surface area (Å²) in [6.07, 6.45) is 62.3. The number of hydrogen-bond donors (Lipinski definition) is 3. The summed E-state index contributed by atoms with van der Waals surface area (Å²) >= 11 is 0. The number of aliphatic hydroxyl groups excluding tert-OH is 2. The first kappa shape index (κ1) is 66.9. The van der Waals surface area contributed by atoms with Crippen molar-refractivity contribution in [1.82, 2.24) is 0 Å². The molecule has 0 aliphatic heterocycles. The topological polar surface area (TPSA) is 149 Å². The Balaban J connectivity index is 3.79. The van der Waals surface area contributed by atoms with E-state index in [0.717, 1.165) is 51.4 Å². The van der Waals surface area contributed by atoms with E-state index >= 15 is 0 Å². The predicted molar refractivity (Wildman–Crippen MR) is 288 cm³/mol. The van der Waals surface area contributed by atoms with Crippen LogP contribution in [0.1, 0.15) is 271 Å². The summed E-state index contributed by atoms with van der Waals surface area (Å²) < 4.78 is 32.8. The van der Waals surface area contributed by atoms with Crippen LogP contribution in [0.4, 0.5) is 0 Å². The van der Waals surface area contributed by atoms with Crippen molar-refractivity contribution in [3.05, 3.63) is 48.6 Å². The lowest BCUT2D eigenvalue weighted by Crippen LogP contribution is -2.28. The van der Waals surface area contributed by atoms with Crippen molar-refractivity contribution in [2.24, 2.45) is 0 Å². The van der Waals surface area contributed by atoms with Gasteiger partial charge in [0.1, 0.15) is 12.2 Å². The van der Waals surface area contributed by atoms with Gasteiger partial charge in [-0.1, -0.05) is 229 Å². The third-order valence-electron chi connectivity index (χ3n) is 12.5. The van der Waals surface area contributed by atoms with E-state index in [1.807, 2.05) is 0 Å². The van der Waals surface area contributed by atoms with Crippen LogP contribution in [0, 0.1) is 0 Å². The number of carbonyl (C=O) groups is 2. The fourth-order valence-corrected chi connectivity index (χ4v) is 8.90. The number of unbranched alkanes of at least 4 members (excludes halogenated alkanes) is 32. The second-order valence-corrected chi connectivity index (χ2v) is 20.7. The largest absolute Gasteiger partial charge is 0.472 e. The van der Waals surface area contributed by atoms with Crippen molar-refractivity contribution in [2.45, 2.75) is 283 Å². The Bertz CT molecular complexity index is 1190. The molecule has 0 aromatic rings. The summed E-state index contributed by atoms with van der Waals surface area (Å²) in [4.78, 5) is 34.8. The summed E-state index contributed by atoms with van der Waals surface area (Å²) in [7, 11) is -4.65. The minimum Gasteiger partial charge on any atom is -0.457 e. The first-order valence-electron chi connectivity index (χ1n) is 28.6. The van der Waals surface area contributed by atoms with Gasteiger partial charge >= 0.3 is 19.8 Å². The van der Waals surface area contributed by atoms with E-state index in [4.69, 9.17) is 18.5 Å². The Morgan fingerprint density at radius 1 is 0.391 bits per heavy atom. The predicted octanol–water partition coefficient (Wildman–Crippen LogP) is 16.8. The van der Waals surface area contributed by atoms with Crippen molar-refractivity contribution in [2.75, 3.05) is 26.4 Å². The molecule has 0 aliphatic rings. The van der Waals surface area contributed by atoms with Gasteiger partial charge in [0, 0.05) is 12.8 Å². The highest BCUT2D eigenvalue weighted by molar-refractivity contribution is 7.47. The lowest BCUT2D eigenvalue weighted by Gasteiger charge is -2.20. The number of ether oxygens (including phenoxy) is 2. The molecule has 2 unspecified atom stereocenters. The molecule has 0 aromatic carbocycles. The Labute approximate surface area is 423 Å². The smallest absolute Gasteiger partial charge is 0.457 e. The Morgan fingerprint density at radius 2 is 0.638 bits per heavy atom. The van der Waals surface area contributed by atoms with Gasteiger partial charge in [-0.05, 0) is 77.0 Å². The first-order chi connectivity index (χ1) is 33.8. The van der Waals surface area contributed by atoms with Gasteiger partial charge in [-0.25, -0.2) is 4.57 Å². The number of aliphatic hydroxyl groups is 2. The van der Waals surface area contributed by atoms with Gasteiger partial charge in [0.2, 0.25) is 0 Å². The number of esters is 2. The molecule has 3 N–H and O–H groups in total. The quantitative estimate of drug-likeness (QED) is 0.0233. The summed E-state index contributed by atoms with van der Waals surface area (Å²) in [5.74, 6) is -1.01. The number of phosphoric ester groups is 1. The highest BCUT2D eigenvalue weighted by atomic mass is 31.2. The van der Waals surface area contributed by atoms with Crippen LogP contribution in [0.3, 0.4) is 0 Å². The maximum atomic E-state index is 12.5. The van der Waals surface area contributed by atoms with Crippen molar-refractivity contribution < 1.29 is 47.8 Å². The van der Waals surface area contributed by atoms with Crippen LogP contribution >= 0.6 is 7.82 Å². The molecule has 0 amide bonds. The van der Waals surface area contributed by atoms with E-state index in [0.29, 0.717) is 12.8 Å². The molecule has 0 saturated heterocycles. The minimum atomic E-state index is -4.65. The van der Waals surface area contributed by atoms with E-state index in [2.05, 4.69) is 62.5 Å². The third-order valence-corrected chi connectivity index (χ3v) is 13.5. The van der Waals surface area contributed by atoms with Gasteiger partial charge in [-0.2, -0.15) is 0 Å². The second-order valence-electron chi connectivity index (χ2n) is 19.3. The SMILES string of the molecule is CCCCCCC/C=C\C/C=C\CCCCCCCCCCCCCC(=O)OC(CO)COP(=O)(O)OCC(CO)OC(=O)CCCCCCCCCCCCC/C=C\C/C=C\CCCCCCC. The number of phosphoric acid groups is 1. The highest BCUT2D eigenvalue weighted by Crippen LogP contribution is 2.43. The zero-order valence-corrected chi connectivity index (χ0v) is 45.4. The minimum absolute atomic E-state index is 0.190. The van der Waals surface area contributed by atoms with Crippen LogP contribution in [0.5, 0.6) is 0 Å². The number of allylic oxidation sites excluding steroid dienone is 8. The van der Waals surface area contributed by atoms with Crippen LogP contribution < -0.4 is 0 Å². The van der Waals surface area contributed by atoms with E-state index < -0.39 is 58.4 Å². The number of carbonyl (C=O) groups excluding carboxylic acids is 2. The lowest BCUT2D eigenvalue weighted by molar-refractivity contribution is -0.153. The zero-order chi connectivity index (χ0) is 50.4. The fourth-order valence-electron chi connectivity index (χ4n) is 8.12. The molecule has 0 radical (unpaired) electrons. The fraction of sp³-hybridized carbons (Fsp3) is 0.828. The maximum Gasteiger partial charge on any atom is 0.472 e. The summed E-state index contributed by atoms with van der Waals surface area (Å²) in [5, 5.41) is 19.3. The molecule has 0 aliphatic carbocycles. The average molecular weight is 995 g/mol. The molecule has 0 spiro atoms. The highest BCUT2D eigenvalue weighted by Gasteiger charge is 2.27. The van der Waals surface area contributed by atoms with Gasteiger partial charge in [0.15, 0.2) is 0 Å². The molecule has 0 saturated carbocycles. The molecule has 11 heteroatoms. The first-order valence-corrected chi connectivity index (χ1v) is 30.1. The van der Waals surface area contributed by atoms with Crippen LogP contribution in [-0.4, -0.2) is 65.7 Å².